The van der Waals surface area contributed by atoms with Gasteiger partial charge >= 0.3 is 0 Å². The number of benzene rings is 1. The van der Waals surface area contributed by atoms with Crippen LogP contribution in [0.25, 0.3) is 0 Å². The molecule has 78 valence electrons. The van der Waals surface area contributed by atoms with Gasteiger partial charge in [0.2, 0.25) is 0 Å². The number of hydrogen-bond donors (Lipinski definition) is 1. The van der Waals surface area contributed by atoms with Crippen LogP contribution in [0.2, 0.25) is 0 Å². The Labute approximate surface area is 93.3 Å². The summed E-state index contributed by atoms with van der Waals surface area (Å²) in [7, 11) is 0. The number of anilines is 1. The molecule has 1 N–H and O–H groups in total. The molecule has 0 fully saturated rings. The van der Waals surface area contributed by atoms with Crippen LogP contribution in [0.15, 0.2) is 29.6 Å². The summed E-state index contributed by atoms with van der Waals surface area (Å²) in [4.78, 5) is 0. The Morgan fingerprint density at radius 3 is 2.93 bits per heavy atom. The number of nitrogens with one attached hydrogen (secondary N) is 1. The van der Waals surface area contributed by atoms with Crippen LogP contribution in [-0.2, 0) is 13.0 Å². The highest BCUT2D eigenvalue weighted by Crippen LogP contribution is 2.16. The minimum atomic E-state index is 0.744. The normalized spacial score (nSPS) is 10.2. The molecule has 4 heteroatoms. The van der Waals surface area contributed by atoms with Crippen LogP contribution in [0.5, 0.6) is 0 Å². The lowest BCUT2D eigenvalue weighted by Gasteiger charge is -2.08. The van der Waals surface area contributed by atoms with E-state index >= 15 is 0 Å². The Morgan fingerprint density at radius 1 is 1.33 bits per heavy atom. The number of aromatic nitrogens is 2. The van der Waals surface area contributed by atoms with Crippen LogP contribution in [0.3, 0.4) is 0 Å². The molecule has 0 unspecified atom stereocenters. The Hall–Kier alpha value is -1.42. The minimum Gasteiger partial charge on any atom is -0.379 e. The molecule has 1 aromatic carbocycles. The van der Waals surface area contributed by atoms with Gasteiger partial charge in [-0.1, -0.05) is 29.6 Å². The first-order chi connectivity index (χ1) is 7.40. The third kappa shape index (κ3) is 2.53. The van der Waals surface area contributed by atoms with E-state index in [4.69, 9.17) is 0 Å². The molecule has 2 rings (SSSR count). The van der Waals surface area contributed by atoms with Gasteiger partial charge in [-0.2, -0.15) is 0 Å². The van der Waals surface area contributed by atoms with Crippen molar-refractivity contribution in [1.29, 1.82) is 0 Å². The predicted molar refractivity (Wildman–Crippen MR) is 63.1 cm³/mol. The molecule has 0 atom stereocenters. The van der Waals surface area contributed by atoms with Gasteiger partial charge in [0.1, 0.15) is 0 Å². The summed E-state index contributed by atoms with van der Waals surface area (Å²) >= 11 is 1.38. The first-order valence-corrected chi connectivity index (χ1v) is 5.81. The Balaban J connectivity index is 2.04. The second kappa shape index (κ2) is 4.89. The molecule has 0 saturated carbocycles. The second-order valence-corrected chi connectivity index (χ2v) is 3.87. The highest BCUT2D eigenvalue weighted by Gasteiger charge is 2.00. The molecular weight excluding hydrogens is 206 g/mol. The van der Waals surface area contributed by atoms with Crippen molar-refractivity contribution in [2.45, 2.75) is 19.9 Å². The van der Waals surface area contributed by atoms with Crippen molar-refractivity contribution in [2.24, 2.45) is 0 Å². The average molecular weight is 219 g/mol. The molecule has 0 bridgehead atoms. The Kier molecular flexibility index (Phi) is 3.29. The molecule has 0 radical (unpaired) electrons. The van der Waals surface area contributed by atoms with Crippen molar-refractivity contribution in [3.8, 4) is 0 Å². The SMILES string of the molecule is CCc1ccccc1NCc1csnn1. The summed E-state index contributed by atoms with van der Waals surface area (Å²) in [6, 6.07) is 8.34. The van der Waals surface area contributed by atoms with Crippen LogP contribution in [0.4, 0.5) is 5.69 Å². The summed E-state index contributed by atoms with van der Waals surface area (Å²) in [6.07, 6.45) is 1.04. The fourth-order valence-corrected chi connectivity index (χ4v) is 1.90. The second-order valence-electron chi connectivity index (χ2n) is 3.26. The van der Waals surface area contributed by atoms with Crippen LogP contribution in [-0.4, -0.2) is 9.59 Å². The van der Waals surface area contributed by atoms with Crippen molar-refractivity contribution in [3.05, 3.63) is 40.9 Å². The molecule has 0 aliphatic rings. The molecule has 3 nitrogen and oxygen atoms in total. The van der Waals surface area contributed by atoms with Crippen LogP contribution in [0, 0.1) is 0 Å². The average Bonchev–Trinajstić information content (AvgIpc) is 2.79. The molecule has 15 heavy (non-hydrogen) atoms. The zero-order valence-corrected chi connectivity index (χ0v) is 9.42. The van der Waals surface area contributed by atoms with Gasteiger partial charge in [0, 0.05) is 11.1 Å². The zero-order chi connectivity index (χ0) is 10.5. The first-order valence-electron chi connectivity index (χ1n) is 4.98. The summed E-state index contributed by atoms with van der Waals surface area (Å²) in [5.41, 5.74) is 3.51. The van der Waals surface area contributed by atoms with Gasteiger partial charge in [0.25, 0.3) is 0 Å². The van der Waals surface area contributed by atoms with E-state index in [1.54, 1.807) is 0 Å². The Bertz CT molecular complexity index is 412. The van der Waals surface area contributed by atoms with Crippen molar-refractivity contribution >= 4 is 17.2 Å². The maximum atomic E-state index is 3.99. The largest absolute Gasteiger partial charge is 0.379 e. The summed E-state index contributed by atoms with van der Waals surface area (Å²) < 4.78 is 3.83. The Morgan fingerprint density at radius 2 is 2.20 bits per heavy atom. The minimum absolute atomic E-state index is 0.744. The summed E-state index contributed by atoms with van der Waals surface area (Å²) in [5.74, 6) is 0. The van der Waals surface area contributed by atoms with Crippen LogP contribution < -0.4 is 5.32 Å². The smallest absolute Gasteiger partial charge is 0.0946 e. The third-order valence-corrected chi connectivity index (χ3v) is 2.82. The van der Waals surface area contributed by atoms with Crippen molar-refractivity contribution < 1.29 is 0 Å². The van der Waals surface area contributed by atoms with Crippen molar-refractivity contribution in [3.63, 3.8) is 0 Å². The van der Waals surface area contributed by atoms with Crippen molar-refractivity contribution in [2.75, 3.05) is 5.32 Å². The molecule has 0 amide bonds. The highest BCUT2D eigenvalue weighted by molar-refractivity contribution is 7.03. The molecule has 0 aliphatic carbocycles. The van der Waals surface area contributed by atoms with E-state index in [-0.39, 0.29) is 0 Å². The van der Waals surface area contributed by atoms with Gasteiger partial charge in [0.05, 0.1) is 12.2 Å². The zero-order valence-electron chi connectivity index (χ0n) is 8.60. The number of para-hydroxylation sites is 1. The van der Waals surface area contributed by atoms with Crippen molar-refractivity contribution in [1.82, 2.24) is 9.59 Å². The van der Waals surface area contributed by atoms with E-state index in [2.05, 4.69) is 40.0 Å². The lowest BCUT2D eigenvalue weighted by molar-refractivity contribution is 0.992. The molecule has 0 spiro atoms. The first kappa shape index (κ1) is 10.1. The lowest BCUT2D eigenvalue weighted by atomic mass is 10.1. The summed E-state index contributed by atoms with van der Waals surface area (Å²) in [6.45, 7) is 2.90. The monoisotopic (exact) mass is 219 g/mol. The van der Waals surface area contributed by atoms with Gasteiger partial charge in [0.15, 0.2) is 0 Å². The van der Waals surface area contributed by atoms with Gasteiger partial charge in [-0.15, -0.1) is 5.10 Å². The van der Waals surface area contributed by atoms with Crippen LogP contribution >= 0.6 is 11.5 Å². The van der Waals surface area contributed by atoms with Gasteiger partial charge < -0.3 is 5.32 Å². The maximum Gasteiger partial charge on any atom is 0.0946 e. The van der Waals surface area contributed by atoms with E-state index < -0.39 is 0 Å². The maximum absolute atomic E-state index is 3.99. The van der Waals surface area contributed by atoms with Gasteiger partial charge in [-0.25, -0.2) is 0 Å². The lowest BCUT2D eigenvalue weighted by Crippen LogP contribution is -2.02. The number of nitrogens with zero attached hydrogens (tertiary/aromatic N) is 2. The number of aryl methyl sites for hydroxylation is 1. The highest BCUT2D eigenvalue weighted by atomic mass is 32.1. The fourth-order valence-electron chi connectivity index (χ4n) is 1.45. The predicted octanol–water partition coefficient (Wildman–Crippen LogP) is 2.71. The number of hydrogen-bond acceptors (Lipinski definition) is 4. The molecule has 0 aliphatic heterocycles. The number of rotatable bonds is 4. The fraction of sp³-hybridized carbons (Fsp3) is 0.273. The molecule has 2 aromatic rings. The topological polar surface area (TPSA) is 37.8 Å². The third-order valence-electron chi connectivity index (χ3n) is 2.26. The van der Waals surface area contributed by atoms with E-state index in [0.717, 1.165) is 18.7 Å². The van der Waals surface area contributed by atoms with E-state index in [9.17, 15) is 0 Å². The molecule has 1 heterocycles. The molecular formula is C11H13N3S. The standard InChI is InChI=1S/C11H13N3S/c1-2-9-5-3-4-6-11(9)12-7-10-8-15-14-13-10/h3-6,8,12H,2,7H2,1H3. The van der Waals surface area contributed by atoms with Gasteiger partial charge in [-0.3, -0.25) is 0 Å². The van der Waals surface area contributed by atoms with Crippen LogP contribution in [0.1, 0.15) is 18.2 Å². The van der Waals surface area contributed by atoms with Gasteiger partial charge in [-0.05, 0) is 29.6 Å². The molecule has 1 aromatic heterocycles. The van der Waals surface area contributed by atoms with E-state index in [1.165, 1.54) is 22.8 Å². The van der Waals surface area contributed by atoms with E-state index in [0.29, 0.717) is 0 Å². The quantitative estimate of drug-likeness (QED) is 0.859. The van der Waals surface area contributed by atoms with E-state index in [1.807, 2.05) is 11.4 Å². The summed E-state index contributed by atoms with van der Waals surface area (Å²) in [5, 5.41) is 9.32. The molecule has 0 saturated heterocycles.